The summed E-state index contributed by atoms with van der Waals surface area (Å²) in [6.45, 7) is 0. The maximum absolute atomic E-state index is 5.10. The lowest BCUT2D eigenvalue weighted by Gasteiger charge is -2.06. The molecule has 3 nitrogen and oxygen atoms in total. The highest BCUT2D eigenvalue weighted by Gasteiger charge is 2.21. The molecule has 0 atom stereocenters. The van der Waals surface area contributed by atoms with Crippen molar-refractivity contribution in [2.75, 3.05) is 0 Å². The zero-order valence-electron chi connectivity index (χ0n) is 23.8. The van der Waals surface area contributed by atoms with E-state index in [0.717, 1.165) is 22.4 Å². The highest BCUT2D eigenvalue weighted by atomic mass is 32.1. The second-order valence-electron chi connectivity index (χ2n) is 11.8. The molecule has 0 radical (unpaired) electrons. The molecule has 11 rings (SSSR count). The van der Waals surface area contributed by atoms with E-state index < -0.39 is 0 Å². The quantitative estimate of drug-likeness (QED) is 0.196. The zero-order chi connectivity index (χ0) is 29.2. The van der Waals surface area contributed by atoms with Crippen LogP contribution in [-0.2, 0) is 0 Å². The summed E-state index contributed by atoms with van der Waals surface area (Å²) in [4.78, 5) is 10.2. The summed E-state index contributed by atoms with van der Waals surface area (Å²) in [5, 5.41) is 10.1. The second kappa shape index (κ2) is 8.63. The van der Waals surface area contributed by atoms with Crippen LogP contribution in [0.3, 0.4) is 0 Å². The van der Waals surface area contributed by atoms with Crippen LogP contribution in [-0.4, -0.2) is 14.4 Å². The van der Waals surface area contributed by atoms with Gasteiger partial charge in [0.05, 0.1) is 40.3 Å². The molecule has 0 aliphatic carbocycles. The molecule has 0 N–H and O–H groups in total. The molecule has 6 heterocycles. The van der Waals surface area contributed by atoms with Gasteiger partial charge >= 0.3 is 0 Å². The number of fused-ring (bicyclic) bond motifs is 12. The minimum atomic E-state index is 1.01. The first-order chi connectivity index (χ1) is 22.3. The minimum Gasteiger partial charge on any atom is -0.305 e. The van der Waals surface area contributed by atoms with E-state index in [2.05, 4.69) is 132 Å². The Labute approximate surface area is 264 Å². The Kier molecular flexibility index (Phi) is 4.61. The van der Waals surface area contributed by atoms with Gasteiger partial charge in [-0.2, -0.15) is 0 Å². The predicted molar refractivity (Wildman–Crippen MR) is 193 cm³/mol. The van der Waals surface area contributed by atoms with Gasteiger partial charge in [-0.25, -0.2) is 0 Å². The Morgan fingerprint density at radius 1 is 0.422 bits per heavy atom. The number of para-hydroxylation sites is 1. The molecule has 0 fully saturated rings. The number of rotatable bonds is 2. The van der Waals surface area contributed by atoms with Crippen LogP contribution in [0.4, 0.5) is 0 Å². The Morgan fingerprint density at radius 3 is 1.40 bits per heavy atom. The third-order valence-corrected chi connectivity index (χ3v) is 11.7. The maximum Gasteiger partial charge on any atom is 0.0726 e. The van der Waals surface area contributed by atoms with Crippen LogP contribution in [0, 0.1) is 0 Å². The summed E-state index contributed by atoms with van der Waals surface area (Å²) in [5.74, 6) is 0. The van der Waals surface area contributed by atoms with Gasteiger partial charge in [0.2, 0.25) is 0 Å². The van der Waals surface area contributed by atoms with Gasteiger partial charge in [0.25, 0.3) is 0 Å². The van der Waals surface area contributed by atoms with Gasteiger partial charge in [-0.3, -0.25) is 9.97 Å². The van der Waals surface area contributed by atoms with Crippen molar-refractivity contribution in [2.45, 2.75) is 0 Å². The van der Waals surface area contributed by atoms with Crippen LogP contribution in [0.2, 0.25) is 0 Å². The van der Waals surface area contributed by atoms with E-state index in [1.54, 1.807) is 0 Å². The fourth-order valence-electron chi connectivity index (χ4n) is 7.54. The molecule has 5 heteroatoms. The number of thiophene rings is 2. The predicted octanol–water partition coefficient (Wildman–Crippen LogP) is 11.7. The fourth-order valence-corrected chi connectivity index (χ4v) is 9.81. The lowest BCUT2D eigenvalue weighted by molar-refractivity contribution is 1.28. The molecule has 0 spiro atoms. The minimum absolute atomic E-state index is 1.01. The number of benzene rings is 5. The van der Waals surface area contributed by atoms with Gasteiger partial charge < -0.3 is 4.40 Å². The molecule has 208 valence electrons. The molecule has 0 amide bonds. The molecule has 0 saturated heterocycles. The van der Waals surface area contributed by atoms with E-state index in [4.69, 9.17) is 9.97 Å². The van der Waals surface area contributed by atoms with Crippen molar-refractivity contribution in [2.24, 2.45) is 0 Å². The van der Waals surface area contributed by atoms with Gasteiger partial charge in [-0.05, 0) is 36.4 Å². The maximum atomic E-state index is 5.10. The molecule has 0 aliphatic heterocycles. The van der Waals surface area contributed by atoms with Gasteiger partial charge in [0, 0.05) is 73.0 Å². The summed E-state index contributed by atoms with van der Waals surface area (Å²) in [7, 11) is 0. The summed E-state index contributed by atoms with van der Waals surface area (Å²) >= 11 is 3.69. The second-order valence-corrected chi connectivity index (χ2v) is 13.9. The topological polar surface area (TPSA) is 30.2 Å². The lowest BCUT2D eigenvalue weighted by Crippen LogP contribution is -1.88. The SMILES string of the molecule is c1ccc2c(c1)sc1cccc(-c3cc4c5cccc6c7cc(-c8cccc9sc%10ccccc%10c89)ncc7n(c4cn3)c56)c12. The summed E-state index contributed by atoms with van der Waals surface area (Å²) < 4.78 is 7.57. The Balaban J connectivity index is 1.16. The molecule has 0 aliphatic rings. The van der Waals surface area contributed by atoms with E-state index in [0.29, 0.717) is 0 Å². The van der Waals surface area contributed by atoms with Crippen molar-refractivity contribution in [3.05, 3.63) is 128 Å². The number of hydrogen-bond donors (Lipinski definition) is 0. The summed E-state index contributed by atoms with van der Waals surface area (Å²) in [5.41, 5.74) is 7.84. The van der Waals surface area contributed by atoms with Crippen molar-refractivity contribution in [1.82, 2.24) is 14.4 Å². The highest BCUT2D eigenvalue weighted by Crippen LogP contribution is 2.44. The van der Waals surface area contributed by atoms with Crippen molar-refractivity contribution < 1.29 is 0 Å². The van der Waals surface area contributed by atoms with Crippen LogP contribution < -0.4 is 0 Å². The Bertz CT molecular complexity index is 2800. The molecule has 6 aromatic heterocycles. The zero-order valence-corrected chi connectivity index (χ0v) is 25.4. The molecule has 5 aromatic carbocycles. The van der Waals surface area contributed by atoms with Crippen molar-refractivity contribution in [3.63, 3.8) is 0 Å². The van der Waals surface area contributed by atoms with Gasteiger partial charge in [0.1, 0.15) is 0 Å². The normalized spacial score (nSPS) is 12.4. The third kappa shape index (κ3) is 3.13. The Morgan fingerprint density at radius 2 is 0.867 bits per heavy atom. The van der Waals surface area contributed by atoms with E-state index >= 15 is 0 Å². The number of hydrogen-bond acceptors (Lipinski definition) is 4. The van der Waals surface area contributed by atoms with Crippen molar-refractivity contribution in [1.29, 1.82) is 0 Å². The number of aromatic nitrogens is 3. The average Bonchev–Trinajstić information content (AvgIpc) is 3.84. The number of pyridine rings is 2. The van der Waals surface area contributed by atoms with Crippen molar-refractivity contribution >= 4 is 101 Å². The average molecular weight is 608 g/mol. The molecule has 0 bridgehead atoms. The van der Waals surface area contributed by atoms with Gasteiger partial charge in [-0.15, -0.1) is 22.7 Å². The van der Waals surface area contributed by atoms with Gasteiger partial charge in [-0.1, -0.05) is 78.9 Å². The highest BCUT2D eigenvalue weighted by molar-refractivity contribution is 7.26. The largest absolute Gasteiger partial charge is 0.305 e. The molecule has 45 heavy (non-hydrogen) atoms. The first-order valence-electron chi connectivity index (χ1n) is 15.1. The molecular weight excluding hydrogens is 587 g/mol. The van der Waals surface area contributed by atoms with Crippen LogP contribution >= 0.6 is 22.7 Å². The number of nitrogens with zero attached hydrogens (tertiary/aromatic N) is 3. The van der Waals surface area contributed by atoms with Crippen LogP contribution in [0.25, 0.3) is 101 Å². The van der Waals surface area contributed by atoms with E-state index in [-0.39, 0.29) is 0 Å². The lowest BCUT2D eigenvalue weighted by atomic mass is 10.0. The summed E-state index contributed by atoms with van der Waals surface area (Å²) in [6, 6.07) is 41.8. The van der Waals surface area contributed by atoms with Crippen LogP contribution in [0.1, 0.15) is 0 Å². The molecule has 11 aromatic rings. The van der Waals surface area contributed by atoms with E-state index in [9.17, 15) is 0 Å². The summed E-state index contributed by atoms with van der Waals surface area (Å²) in [6.07, 6.45) is 4.12. The van der Waals surface area contributed by atoms with Crippen LogP contribution in [0.5, 0.6) is 0 Å². The molecular formula is C40H21N3S2. The van der Waals surface area contributed by atoms with E-state index in [1.165, 1.54) is 78.5 Å². The van der Waals surface area contributed by atoms with E-state index in [1.807, 2.05) is 22.7 Å². The standard InChI is InChI=1S/C40H21N3S2/c1-3-14-34-26(8-1)38-24(12-6-16-36(38)44-34)30-18-28-22-10-5-11-23-29-19-31(42-21-33(29)43(40(22)23)32(28)20-41-30)25-13-7-17-37-39(25)27-9-2-4-15-35(27)45-37/h1-21H. The Hall–Kier alpha value is -5.36. The monoisotopic (exact) mass is 607 g/mol. The first-order valence-corrected chi connectivity index (χ1v) is 16.7. The molecule has 0 saturated carbocycles. The van der Waals surface area contributed by atoms with Gasteiger partial charge in [0.15, 0.2) is 0 Å². The smallest absolute Gasteiger partial charge is 0.0726 e. The third-order valence-electron chi connectivity index (χ3n) is 9.44. The first kappa shape index (κ1) is 24.0. The van der Waals surface area contributed by atoms with Crippen LogP contribution in [0.15, 0.2) is 128 Å². The molecule has 0 unspecified atom stereocenters. The van der Waals surface area contributed by atoms with Crippen molar-refractivity contribution in [3.8, 4) is 22.5 Å². The fraction of sp³-hybridized carbons (Fsp3) is 0.